The number of para-hydroxylation sites is 1. The van der Waals surface area contributed by atoms with E-state index >= 15 is 0 Å². The molecule has 0 N–H and O–H groups in total. The molecule has 0 aliphatic heterocycles. The predicted molar refractivity (Wildman–Crippen MR) is 109 cm³/mol. The summed E-state index contributed by atoms with van der Waals surface area (Å²) < 4.78 is 6.91. The molecular formula is C22H20N4O2. The molecule has 2 heterocycles. The second-order valence-electron chi connectivity index (χ2n) is 6.58. The molecule has 28 heavy (non-hydrogen) atoms. The Morgan fingerprint density at radius 1 is 1.04 bits per heavy atom. The van der Waals surface area contributed by atoms with Gasteiger partial charge in [0.05, 0.1) is 17.4 Å². The summed E-state index contributed by atoms with van der Waals surface area (Å²) in [6.45, 7) is 4.24. The third-order valence-corrected chi connectivity index (χ3v) is 4.54. The molecular weight excluding hydrogens is 352 g/mol. The summed E-state index contributed by atoms with van der Waals surface area (Å²) in [7, 11) is 0. The van der Waals surface area contributed by atoms with Crippen molar-refractivity contribution in [2.45, 2.75) is 26.8 Å². The van der Waals surface area contributed by atoms with E-state index in [0.717, 1.165) is 5.56 Å². The van der Waals surface area contributed by atoms with Gasteiger partial charge in [-0.05, 0) is 30.7 Å². The van der Waals surface area contributed by atoms with Gasteiger partial charge in [-0.2, -0.15) is 4.98 Å². The van der Waals surface area contributed by atoms with Crippen molar-refractivity contribution in [3.05, 3.63) is 87.6 Å². The van der Waals surface area contributed by atoms with Gasteiger partial charge in [0.2, 0.25) is 0 Å². The number of aromatic nitrogens is 4. The zero-order valence-corrected chi connectivity index (χ0v) is 15.8. The van der Waals surface area contributed by atoms with E-state index in [1.165, 1.54) is 5.56 Å². The van der Waals surface area contributed by atoms with Gasteiger partial charge in [-0.3, -0.25) is 9.36 Å². The van der Waals surface area contributed by atoms with Crippen molar-refractivity contribution >= 4 is 23.1 Å². The summed E-state index contributed by atoms with van der Waals surface area (Å²) in [6, 6.07) is 15.5. The highest BCUT2D eigenvalue weighted by Gasteiger charge is 2.13. The fraction of sp³-hybridized carbons (Fsp3) is 0.182. The van der Waals surface area contributed by atoms with E-state index in [0.29, 0.717) is 34.9 Å². The summed E-state index contributed by atoms with van der Waals surface area (Å²) in [4.78, 5) is 21.9. The van der Waals surface area contributed by atoms with Crippen molar-refractivity contribution in [2.75, 3.05) is 0 Å². The predicted octanol–water partition coefficient (Wildman–Crippen LogP) is 3.87. The number of hydrogen-bond donors (Lipinski definition) is 0. The van der Waals surface area contributed by atoms with Gasteiger partial charge < -0.3 is 4.52 Å². The monoisotopic (exact) mass is 372 g/mol. The van der Waals surface area contributed by atoms with Crippen molar-refractivity contribution in [1.29, 1.82) is 0 Å². The molecule has 0 atom stereocenters. The van der Waals surface area contributed by atoms with Gasteiger partial charge in [0.1, 0.15) is 5.82 Å². The Morgan fingerprint density at radius 3 is 2.61 bits per heavy atom. The third-order valence-electron chi connectivity index (χ3n) is 4.54. The number of aryl methyl sites for hydroxylation is 2. The number of nitrogens with zero attached hydrogens (tertiary/aromatic N) is 4. The average Bonchev–Trinajstić information content (AvgIpc) is 3.17. The molecule has 0 fully saturated rings. The topological polar surface area (TPSA) is 73.8 Å². The smallest absolute Gasteiger partial charge is 0.261 e. The maximum Gasteiger partial charge on any atom is 0.261 e. The highest BCUT2D eigenvalue weighted by atomic mass is 16.5. The molecule has 0 saturated carbocycles. The Kier molecular flexibility index (Phi) is 4.85. The summed E-state index contributed by atoms with van der Waals surface area (Å²) >= 11 is 0. The minimum atomic E-state index is -0.0935. The van der Waals surface area contributed by atoms with Crippen LogP contribution in [0.1, 0.15) is 35.6 Å². The van der Waals surface area contributed by atoms with E-state index in [1.54, 1.807) is 16.7 Å². The van der Waals surface area contributed by atoms with Crippen LogP contribution in [0.5, 0.6) is 0 Å². The zero-order valence-electron chi connectivity index (χ0n) is 15.8. The van der Waals surface area contributed by atoms with Crippen LogP contribution < -0.4 is 5.56 Å². The first-order chi connectivity index (χ1) is 13.6. The van der Waals surface area contributed by atoms with Crippen LogP contribution in [0.3, 0.4) is 0 Å². The number of hydrogen-bond acceptors (Lipinski definition) is 5. The van der Waals surface area contributed by atoms with E-state index in [1.807, 2.05) is 62.4 Å². The van der Waals surface area contributed by atoms with Crippen LogP contribution in [0, 0.1) is 6.92 Å². The fourth-order valence-corrected chi connectivity index (χ4v) is 3.03. The molecule has 0 radical (unpaired) electrons. The Bertz CT molecular complexity index is 1200. The van der Waals surface area contributed by atoms with Crippen LogP contribution in [0.25, 0.3) is 23.1 Å². The molecule has 6 heteroatoms. The van der Waals surface area contributed by atoms with Crippen LogP contribution in [-0.2, 0) is 13.0 Å². The van der Waals surface area contributed by atoms with E-state index in [9.17, 15) is 4.79 Å². The lowest BCUT2D eigenvalue weighted by Crippen LogP contribution is -2.26. The molecule has 0 amide bonds. The second kappa shape index (κ2) is 7.60. The summed E-state index contributed by atoms with van der Waals surface area (Å²) in [5.74, 6) is 1.54. The third kappa shape index (κ3) is 3.62. The maximum atomic E-state index is 12.9. The molecule has 0 unspecified atom stereocenters. The van der Waals surface area contributed by atoms with Crippen LogP contribution >= 0.6 is 0 Å². The van der Waals surface area contributed by atoms with Gasteiger partial charge in [-0.25, -0.2) is 4.98 Å². The van der Waals surface area contributed by atoms with E-state index in [4.69, 9.17) is 4.52 Å². The fourth-order valence-electron chi connectivity index (χ4n) is 3.03. The number of benzene rings is 2. The van der Waals surface area contributed by atoms with Crippen molar-refractivity contribution in [3.63, 3.8) is 0 Å². The largest absolute Gasteiger partial charge is 0.335 e. The van der Waals surface area contributed by atoms with Gasteiger partial charge in [0.25, 0.3) is 11.4 Å². The average molecular weight is 372 g/mol. The minimum Gasteiger partial charge on any atom is -0.335 e. The zero-order chi connectivity index (χ0) is 19.5. The second-order valence-corrected chi connectivity index (χ2v) is 6.58. The van der Waals surface area contributed by atoms with Gasteiger partial charge >= 0.3 is 0 Å². The molecule has 0 spiro atoms. The lowest BCUT2D eigenvalue weighted by atomic mass is 10.1. The van der Waals surface area contributed by atoms with Gasteiger partial charge in [-0.1, -0.05) is 54.0 Å². The molecule has 4 aromatic rings. The van der Waals surface area contributed by atoms with Crippen LogP contribution in [0.2, 0.25) is 0 Å². The quantitative estimate of drug-likeness (QED) is 0.532. The van der Waals surface area contributed by atoms with E-state index in [-0.39, 0.29) is 12.1 Å². The normalized spacial score (nSPS) is 11.5. The summed E-state index contributed by atoms with van der Waals surface area (Å²) in [5.41, 5.74) is 2.87. The Balaban J connectivity index is 1.61. The molecule has 0 bridgehead atoms. The molecule has 2 aromatic carbocycles. The first kappa shape index (κ1) is 17.9. The van der Waals surface area contributed by atoms with E-state index in [2.05, 4.69) is 15.1 Å². The molecule has 6 nitrogen and oxygen atoms in total. The first-order valence-corrected chi connectivity index (χ1v) is 9.20. The maximum absolute atomic E-state index is 12.9. The standard InChI is InChI=1S/C22H20N4O2/c1-3-20-23-18-7-5-4-6-17(18)22(27)26(20)14-19-24-21(28-25-19)13-12-16-10-8-15(2)9-11-16/h4-13H,3,14H2,1-2H3/b13-12+. The molecule has 0 aliphatic rings. The lowest BCUT2D eigenvalue weighted by Gasteiger charge is -2.10. The molecule has 2 aromatic heterocycles. The Morgan fingerprint density at radius 2 is 1.82 bits per heavy atom. The first-order valence-electron chi connectivity index (χ1n) is 9.20. The van der Waals surface area contributed by atoms with Gasteiger partial charge in [-0.15, -0.1) is 0 Å². The SMILES string of the molecule is CCc1nc2ccccc2c(=O)n1Cc1noc(/C=C/c2ccc(C)cc2)n1. The van der Waals surface area contributed by atoms with Crippen LogP contribution in [0.15, 0.2) is 57.8 Å². The van der Waals surface area contributed by atoms with Crippen molar-refractivity contribution < 1.29 is 4.52 Å². The van der Waals surface area contributed by atoms with E-state index < -0.39 is 0 Å². The van der Waals surface area contributed by atoms with Gasteiger partial charge in [0, 0.05) is 12.5 Å². The molecule has 0 aliphatic carbocycles. The minimum absolute atomic E-state index is 0.0935. The molecule has 4 rings (SSSR count). The number of fused-ring (bicyclic) bond motifs is 1. The van der Waals surface area contributed by atoms with Gasteiger partial charge in [0.15, 0.2) is 5.82 Å². The van der Waals surface area contributed by atoms with Crippen LogP contribution in [0.4, 0.5) is 0 Å². The lowest BCUT2D eigenvalue weighted by molar-refractivity contribution is 0.400. The Labute approximate surface area is 162 Å². The summed E-state index contributed by atoms with van der Waals surface area (Å²) in [5, 5.41) is 4.60. The summed E-state index contributed by atoms with van der Waals surface area (Å²) in [6.07, 6.45) is 4.32. The highest BCUT2D eigenvalue weighted by molar-refractivity contribution is 5.77. The van der Waals surface area contributed by atoms with Crippen molar-refractivity contribution in [2.24, 2.45) is 0 Å². The Hall–Kier alpha value is -3.54. The van der Waals surface area contributed by atoms with Crippen molar-refractivity contribution in [3.8, 4) is 0 Å². The highest BCUT2D eigenvalue weighted by Crippen LogP contribution is 2.11. The number of rotatable bonds is 5. The molecule has 0 saturated heterocycles. The van der Waals surface area contributed by atoms with Crippen molar-refractivity contribution in [1.82, 2.24) is 19.7 Å². The molecule has 140 valence electrons. The van der Waals surface area contributed by atoms with Crippen LogP contribution in [-0.4, -0.2) is 19.7 Å².